The normalized spacial score (nSPS) is 10.4. The Morgan fingerprint density at radius 1 is 0.857 bits per heavy atom. The Morgan fingerprint density at radius 2 is 1.43 bits per heavy atom. The number of rotatable bonds is 13. The summed E-state index contributed by atoms with van der Waals surface area (Å²) in [5.74, 6) is -0.985. The Morgan fingerprint density at radius 3 is 1.91 bits per heavy atom. The van der Waals surface area contributed by atoms with Crippen molar-refractivity contribution in [2.45, 2.75) is 53.4 Å². The van der Waals surface area contributed by atoms with Gasteiger partial charge >= 0.3 is 5.97 Å². The highest BCUT2D eigenvalue weighted by Gasteiger charge is 2.35. The number of hydrogen-bond acceptors (Lipinski definition) is 7. The number of hydrogen-bond donors (Lipinski definition) is 2. The second kappa shape index (κ2) is 13.9. The first-order valence-electron chi connectivity index (χ1n) is 11.8. The van der Waals surface area contributed by atoms with Gasteiger partial charge in [0.2, 0.25) is 5.91 Å². The van der Waals surface area contributed by atoms with Crippen molar-refractivity contribution in [1.29, 1.82) is 0 Å². The average molecular weight is 490 g/mol. The van der Waals surface area contributed by atoms with Crippen LogP contribution in [0.4, 0.5) is 0 Å². The molecule has 0 aliphatic heterocycles. The number of ether oxygens (including phenoxy) is 4. The van der Waals surface area contributed by atoms with E-state index in [0.717, 1.165) is 25.7 Å². The summed E-state index contributed by atoms with van der Waals surface area (Å²) in [6.07, 6.45) is 3.20. The molecule has 0 atom stereocenters. The Bertz CT molecular complexity index is 999. The molecular formula is C25H35N3O7. The Balaban J connectivity index is 2.82. The summed E-state index contributed by atoms with van der Waals surface area (Å²) in [6, 6.07) is 6.80. The lowest BCUT2D eigenvalue weighted by molar-refractivity contribution is -0.119. The van der Waals surface area contributed by atoms with Gasteiger partial charge in [-0.25, -0.2) is 4.79 Å². The molecule has 10 heteroatoms. The molecule has 0 saturated carbocycles. The first-order chi connectivity index (χ1) is 16.9. The van der Waals surface area contributed by atoms with Crippen molar-refractivity contribution >= 4 is 17.8 Å². The molecular weight excluding hydrogens is 454 g/mol. The van der Waals surface area contributed by atoms with Crippen LogP contribution >= 0.6 is 0 Å². The lowest BCUT2D eigenvalue weighted by atomic mass is 10.2. The molecule has 2 aromatic rings. The molecule has 0 unspecified atom stereocenters. The molecule has 192 valence electrons. The standard InChI is InChI=1S/C25H35N3O7/c1-6-9-15-34-22-20(24(30)27-26-17(4)29)28(18-11-13-19(32-5)14-12-18)21(25(31)33-8-3)23(22)35-16-10-7-2/h11-14H,6-10,15-16H2,1-5H3,(H,26,29)(H,27,30). The zero-order chi connectivity index (χ0) is 25.8. The van der Waals surface area contributed by atoms with E-state index in [4.69, 9.17) is 18.9 Å². The zero-order valence-corrected chi connectivity index (χ0v) is 21.1. The van der Waals surface area contributed by atoms with Crippen LogP contribution < -0.4 is 25.1 Å². The molecule has 1 aromatic carbocycles. The van der Waals surface area contributed by atoms with E-state index in [-0.39, 0.29) is 29.5 Å². The van der Waals surface area contributed by atoms with E-state index in [1.54, 1.807) is 38.3 Å². The quantitative estimate of drug-likeness (QED) is 0.250. The van der Waals surface area contributed by atoms with Crippen LogP contribution in [-0.2, 0) is 9.53 Å². The average Bonchev–Trinajstić information content (AvgIpc) is 3.17. The van der Waals surface area contributed by atoms with Crippen molar-refractivity contribution in [2.24, 2.45) is 0 Å². The minimum atomic E-state index is -0.682. The van der Waals surface area contributed by atoms with Crippen LogP contribution in [0.5, 0.6) is 17.2 Å². The summed E-state index contributed by atoms with van der Waals surface area (Å²) in [7, 11) is 1.54. The molecule has 0 fully saturated rings. The maximum absolute atomic E-state index is 13.3. The van der Waals surface area contributed by atoms with E-state index < -0.39 is 17.8 Å². The third-order valence-corrected chi connectivity index (χ3v) is 4.94. The minimum Gasteiger partial charge on any atom is -0.497 e. The predicted molar refractivity (Wildman–Crippen MR) is 130 cm³/mol. The van der Waals surface area contributed by atoms with Crippen molar-refractivity contribution in [1.82, 2.24) is 15.4 Å². The summed E-state index contributed by atoms with van der Waals surface area (Å²) in [6.45, 7) is 7.73. The van der Waals surface area contributed by atoms with E-state index >= 15 is 0 Å². The minimum absolute atomic E-state index is 0.00503. The van der Waals surface area contributed by atoms with Gasteiger partial charge in [0.15, 0.2) is 22.9 Å². The Kier molecular flexibility index (Phi) is 10.9. The van der Waals surface area contributed by atoms with Crippen LogP contribution in [0.3, 0.4) is 0 Å². The van der Waals surface area contributed by atoms with Crippen molar-refractivity contribution in [3.05, 3.63) is 35.7 Å². The van der Waals surface area contributed by atoms with Crippen molar-refractivity contribution < 1.29 is 33.3 Å². The number of carbonyl (C=O) groups excluding carboxylic acids is 3. The number of carbonyl (C=O) groups is 3. The zero-order valence-electron chi connectivity index (χ0n) is 21.1. The highest BCUT2D eigenvalue weighted by Crippen LogP contribution is 2.41. The maximum Gasteiger partial charge on any atom is 0.359 e. The Labute approximate surface area is 205 Å². The third kappa shape index (κ3) is 7.14. The number of esters is 1. The van der Waals surface area contributed by atoms with E-state index in [1.165, 1.54) is 11.5 Å². The smallest absolute Gasteiger partial charge is 0.359 e. The molecule has 1 heterocycles. The number of hydrazine groups is 1. The van der Waals surface area contributed by atoms with Crippen molar-refractivity contribution in [3.63, 3.8) is 0 Å². The molecule has 0 radical (unpaired) electrons. The van der Waals surface area contributed by atoms with Crippen LogP contribution in [-0.4, -0.2) is 49.3 Å². The van der Waals surface area contributed by atoms with Gasteiger partial charge in [-0.05, 0) is 44.0 Å². The number of nitrogens with one attached hydrogen (secondary N) is 2. The third-order valence-electron chi connectivity index (χ3n) is 4.94. The molecule has 10 nitrogen and oxygen atoms in total. The highest BCUT2D eigenvalue weighted by atomic mass is 16.5. The van der Waals surface area contributed by atoms with Crippen molar-refractivity contribution in [2.75, 3.05) is 26.9 Å². The molecule has 2 amide bonds. The second-order valence-corrected chi connectivity index (χ2v) is 7.65. The van der Waals surface area contributed by atoms with Gasteiger partial charge < -0.3 is 18.9 Å². The summed E-state index contributed by atoms with van der Waals surface area (Å²) in [4.78, 5) is 38.0. The van der Waals surface area contributed by atoms with Gasteiger partial charge in [-0.3, -0.25) is 25.0 Å². The monoisotopic (exact) mass is 489 g/mol. The summed E-state index contributed by atoms with van der Waals surface area (Å²) in [5.41, 5.74) is 5.15. The van der Waals surface area contributed by atoms with Crippen molar-refractivity contribution in [3.8, 4) is 22.9 Å². The van der Waals surface area contributed by atoms with Gasteiger partial charge in [-0.15, -0.1) is 0 Å². The predicted octanol–water partition coefficient (Wildman–Crippen LogP) is 3.80. The number of aromatic nitrogens is 1. The molecule has 0 saturated heterocycles. The van der Waals surface area contributed by atoms with Crippen LogP contribution in [0.1, 0.15) is 74.4 Å². The second-order valence-electron chi connectivity index (χ2n) is 7.65. The van der Waals surface area contributed by atoms with E-state index in [1.807, 2.05) is 13.8 Å². The number of nitrogens with zero attached hydrogens (tertiary/aromatic N) is 1. The maximum atomic E-state index is 13.3. The summed E-state index contributed by atoms with van der Waals surface area (Å²) < 4.78 is 24.1. The van der Waals surface area contributed by atoms with E-state index in [0.29, 0.717) is 24.7 Å². The van der Waals surface area contributed by atoms with Gasteiger partial charge in [0, 0.05) is 12.6 Å². The van der Waals surface area contributed by atoms with E-state index in [9.17, 15) is 14.4 Å². The molecule has 2 N–H and O–H groups in total. The molecule has 35 heavy (non-hydrogen) atoms. The van der Waals surface area contributed by atoms with Gasteiger partial charge in [0.05, 0.1) is 26.9 Å². The largest absolute Gasteiger partial charge is 0.497 e. The van der Waals surface area contributed by atoms with Gasteiger partial charge in [-0.2, -0.15) is 0 Å². The lowest BCUT2D eigenvalue weighted by Crippen LogP contribution is -2.41. The molecule has 2 rings (SSSR count). The first-order valence-corrected chi connectivity index (χ1v) is 11.8. The summed E-state index contributed by atoms with van der Waals surface area (Å²) >= 11 is 0. The molecule has 1 aromatic heterocycles. The van der Waals surface area contributed by atoms with Gasteiger partial charge in [0.1, 0.15) is 5.75 Å². The number of amides is 2. The topological polar surface area (TPSA) is 117 Å². The Hall–Kier alpha value is -3.69. The molecule has 0 aliphatic carbocycles. The fourth-order valence-corrected chi connectivity index (χ4v) is 3.22. The van der Waals surface area contributed by atoms with Crippen LogP contribution in [0.15, 0.2) is 24.3 Å². The van der Waals surface area contributed by atoms with E-state index in [2.05, 4.69) is 10.9 Å². The lowest BCUT2D eigenvalue weighted by Gasteiger charge is -2.14. The number of unbranched alkanes of at least 4 members (excludes halogenated alkanes) is 2. The van der Waals surface area contributed by atoms with Crippen LogP contribution in [0.25, 0.3) is 5.69 Å². The van der Waals surface area contributed by atoms with Crippen LogP contribution in [0.2, 0.25) is 0 Å². The summed E-state index contributed by atoms with van der Waals surface area (Å²) in [5, 5.41) is 0. The number of methoxy groups -OCH3 is 1. The first kappa shape index (κ1) is 27.6. The fourth-order valence-electron chi connectivity index (χ4n) is 3.22. The van der Waals surface area contributed by atoms with Gasteiger partial charge in [-0.1, -0.05) is 26.7 Å². The number of benzene rings is 1. The van der Waals surface area contributed by atoms with Gasteiger partial charge in [0.25, 0.3) is 5.91 Å². The SMILES string of the molecule is CCCCOc1c(OCCCC)c(C(=O)OCC)n(-c2ccc(OC)cc2)c1C(=O)NNC(C)=O. The highest BCUT2D eigenvalue weighted by molar-refractivity contribution is 6.03. The molecule has 0 bridgehead atoms. The van der Waals surface area contributed by atoms with Crippen LogP contribution in [0, 0.1) is 0 Å². The molecule has 0 spiro atoms. The fraction of sp³-hybridized carbons (Fsp3) is 0.480. The molecule has 0 aliphatic rings.